The molecule has 0 spiro atoms. The highest BCUT2D eigenvalue weighted by molar-refractivity contribution is 7.26. The number of fused-ring (bicyclic) bond motifs is 6. The van der Waals surface area contributed by atoms with E-state index in [1.54, 1.807) is 0 Å². The molecule has 0 N–H and O–H groups in total. The number of nitriles is 1. The molecule has 1 nitrogen and oxygen atoms in total. The van der Waals surface area contributed by atoms with Crippen LogP contribution in [-0.2, 0) is 0 Å². The quantitative estimate of drug-likeness (QED) is 0.192. The summed E-state index contributed by atoms with van der Waals surface area (Å²) in [7, 11) is 0. The van der Waals surface area contributed by atoms with Crippen LogP contribution >= 0.6 is 22.7 Å². The molecule has 0 bridgehead atoms. The summed E-state index contributed by atoms with van der Waals surface area (Å²) in [5.74, 6) is 0. The second-order valence-electron chi connectivity index (χ2n) is 11.6. The van der Waals surface area contributed by atoms with Gasteiger partial charge in [0.1, 0.15) is 0 Å². The van der Waals surface area contributed by atoms with Gasteiger partial charge in [0.05, 0.1) is 11.6 Å². The number of rotatable bonds is 4. The molecular formula is C43H25NS2. The van der Waals surface area contributed by atoms with Crippen LogP contribution in [0.2, 0.25) is 0 Å². The van der Waals surface area contributed by atoms with Gasteiger partial charge in [0, 0.05) is 40.3 Å². The van der Waals surface area contributed by atoms with Gasteiger partial charge in [-0.3, -0.25) is 0 Å². The highest BCUT2D eigenvalue weighted by Crippen LogP contribution is 2.43. The van der Waals surface area contributed by atoms with Crippen LogP contribution in [-0.4, -0.2) is 0 Å². The third kappa shape index (κ3) is 4.43. The van der Waals surface area contributed by atoms with Gasteiger partial charge in [-0.2, -0.15) is 5.26 Å². The highest BCUT2D eigenvalue weighted by Gasteiger charge is 2.15. The van der Waals surface area contributed by atoms with Gasteiger partial charge in [-0.05, 0) is 87.0 Å². The number of hydrogen-bond acceptors (Lipinski definition) is 3. The van der Waals surface area contributed by atoms with Gasteiger partial charge in [0.25, 0.3) is 0 Å². The molecule has 0 aliphatic heterocycles. The smallest absolute Gasteiger partial charge is 0.0998 e. The summed E-state index contributed by atoms with van der Waals surface area (Å²) in [6, 6.07) is 56.6. The average molecular weight is 620 g/mol. The zero-order valence-corrected chi connectivity index (χ0v) is 26.3. The zero-order valence-electron chi connectivity index (χ0n) is 24.7. The average Bonchev–Trinajstić information content (AvgIpc) is 3.69. The molecular weight excluding hydrogens is 595 g/mol. The first-order chi connectivity index (χ1) is 22.7. The molecule has 0 unspecified atom stereocenters. The number of hydrogen-bond donors (Lipinski definition) is 0. The SMILES string of the molecule is N#Cc1cc(-c2cc(-c3ccc4c(c3)sc3ccccc34)cc(-c3cccc4c3sc3ccccc34)c2)ccc1-c1ccccc1. The molecule has 3 heteroatoms. The van der Waals surface area contributed by atoms with Crippen molar-refractivity contribution >= 4 is 63.0 Å². The van der Waals surface area contributed by atoms with Crippen LogP contribution in [0.3, 0.4) is 0 Å². The van der Waals surface area contributed by atoms with Crippen molar-refractivity contribution < 1.29 is 0 Å². The molecule has 9 rings (SSSR count). The maximum atomic E-state index is 10.2. The minimum absolute atomic E-state index is 0.675. The Morgan fingerprint density at radius 1 is 0.370 bits per heavy atom. The van der Waals surface area contributed by atoms with E-state index in [0.29, 0.717) is 5.56 Å². The van der Waals surface area contributed by atoms with E-state index in [1.807, 2.05) is 46.9 Å². The van der Waals surface area contributed by atoms with E-state index in [2.05, 4.69) is 133 Å². The first kappa shape index (κ1) is 26.8. The lowest BCUT2D eigenvalue weighted by Gasteiger charge is -2.13. The second kappa shape index (κ2) is 10.8. The van der Waals surface area contributed by atoms with Crippen molar-refractivity contribution in [3.05, 3.63) is 157 Å². The highest BCUT2D eigenvalue weighted by atomic mass is 32.1. The number of thiophene rings is 2. The van der Waals surface area contributed by atoms with Gasteiger partial charge in [-0.25, -0.2) is 0 Å². The van der Waals surface area contributed by atoms with Crippen LogP contribution in [0.1, 0.15) is 5.56 Å². The van der Waals surface area contributed by atoms with Gasteiger partial charge in [-0.1, -0.05) is 109 Å². The first-order valence-corrected chi connectivity index (χ1v) is 16.9. The van der Waals surface area contributed by atoms with Crippen molar-refractivity contribution in [3.63, 3.8) is 0 Å². The van der Waals surface area contributed by atoms with Crippen LogP contribution in [0.5, 0.6) is 0 Å². The summed E-state index contributed by atoms with van der Waals surface area (Å²) in [5, 5.41) is 15.4. The molecule has 2 heterocycles. The molecule has 46 heavy (non-hydrogen) atoms. The van der Waals surface area contributed by atoms with Crippen LogP contribution in [0.15, 0.2) is 152 Å². The Balaban J connectivity index is 1.27. The van der Waals surface area contributed by atoms with Crippen molar-refractivity contribution in [2.75, 3.05) is 0 Å². The van der Waals surface area contributed by atoms with E-state index in [1.165, 1.54) is 57.0 Å². The van der Waals surface area contributed by atoms with Crippen LogP contribution in [0.4, 0.5) is 0 Å². The van der Waals surface area contributed by atoms with Gasteiger partial charge in [0.2, 0.25) is 0 Å². The van der Waals surface area contributed by atoms with Crippen molar-refractivity contribution in [2.24, 2.45) is 0 Å². The molecule has 7 aromatic carbocycles. The standard InChI is InChI=1S/C43H25NS2/c44-26-33-21-28(17-19-34(33)27-9-2-1-3-10-27)30-22-31(29-18-20-38-36-11-4-6-15-40(36)45-42(38)25-29)24-32(23-30)35-13-8-14-39-37-12-5-7-16-41(37)46-43(35)39/h1-25H. The molecule has 214 valence electrons. The summed E-state index contributed by atoms with van der Waals surface area (Å²) in [5.41, 5.74) is 9.56. The molecule has 0 atom stereocenters. The fraction of sp³-hybridized carbons (Fsp3) is 0. The third-order valence-corrected chi connectivity index (χ3v) is 11.3. The van der Waals surface area contributed by atoms with Gasteiger partial charge < -0.3 is 0 Å². The van der Waals surface area contributed by atoms with Gasteiger partial charge in [0.15, 0.2) is 0 Å². The normalized spacial score (nSPS) is 11.5. The zero-order chi connectivity index (χ0) is 30.6. The minimum Gasteiger partial charge on any atom is -0.192 e. The van der Waals surface area contributed by atoms with Crippen molar-refractivity contribution in [2.45, 2.75) is 0 Å². The Morgan fingerprint density at radius 2 is 0.978 bits per heavy atom. The monoisotopic (exact) mass is 619 g/mol. The maximum Gasteiger partial charge on any atom is 0.0998 e. The fourth-order valence-electron chi connectivity index (χ4n) is 6.68. The summed E-state index contributed by atoms with van der Waals surface area (Å²) in [6.07, 6.45) is 0. The van der Waals surface area contributed by atoms with Crippen molar-refractivity contribution in [1.82, 2.24) is 0 Å². The Labute approximate surface area is 274 Å². The second-order valence-corrected chi connectivity index (χ2v) is 13.8. The Hall–Kier alpha value is -5.53. The molecule has 2 aromatic heterocycles. The largest absolute Gasteiger partial charge is 0.192 e. The van der Waals surface area contributed by atoms with E-state index in [9.17, 15) is 5.26 Å². The maximum absolute atomic E-state index is 10.2. The lowest BCUT2D eigenvalue weighted by atomic mass is 9.90. The van der Waals surface area contributed by atoms with Crippen LogP contribution in [0.25, 0.3) is 84.9 Å². The molecule has 0 radical (unpaired) electrons. The first-order valence-electron chi connectivity index (χ1n) is 15.3. The van der Waals surface area contributed by atoms with E-state index >= 15 is 0 Å². The Kier molecular flexibility index (Phi) is 6.31. The minimum atomic E-state index is 0.675. The number of nitrogens with zero attached hydrogens (tertiary/aromatic N) is 1. The molecule has 0 saturated carbocycles. The third-order valence-electron chi connectivity index (χ3n) is 8.92. The van der Waals surface area contributed by atoms with Gasteiger partial charge in [-0.15, -0.1) is 22.7 Å². The molecule has 9 aromatic rings. The van der Waals surface area contributed by atoms with E-state index in [0.717, 1.165) is 27.8 Å². The van der Waals surface area contributed by atoms with E-state index in [4.69, 9.17) is 0 Å². The molecule has 0 aliphatic rings. The molecule has 0 saturated heterocycles. The van der Waals surface area contributed by atoms with Crippen LogP contribution in [0, 0.1) is 11.3 Å². The van der Waals surface area contributed by atoms with E-state index in [-0.39, 0.29) is 0 Å². The predicted molar refractivity (Wildman–Crippen MR) is 199 cm³/mol. The Bertz CT molecular complexity index is 2650. The molecule has 0 aliphatic carbocycles. The van der Waals surface area contributed by atoms with E-state index < -0.39 is 0 Å². The fourth-order valence-corrected chi connectivity index (χ4v) is 9.07. The molecule has 0 amide bonds. The molecule has 0 fully saturated rings. The van der Waals surface area contributed by atoms with Crippen LogP contribution < -0.4 is 0 Å². The lowest BCUT2D eigenvalue weighted by molar-refractivity contribution is 1.47. The summed E-state index contributed by atoms with van der Waals surface area (Å²) < 4.78 is 5.19. The summed E-state index contributed by atoms with van der Waals surface area (Å²) in [6.45, 7) is 0. The predicted octanol–water partition coefficient (Wildman–Crippen LogP) is 13.0. The summed E-state index contributed by atoms with van der Waals surface area (Å²) in [4.78, 5) is 0. The van der Waals surface area contributed by atoms with Crippen molar-refractivity contribution in [3.8, 4) is 50.6 Å². The number of benzene rings is 7. The van der Waals surface area contributed by atoms with Crippen molar-refractivity contribution in [1.29, 1.82) is 5.26 Å². The van der Waals surface area contributed by atoms with Gasteiger partial charge >= 0.3 is 0 Å². The topological polar surface area (TPSA) is 23.8 Å². The lowest BCUT2D eigenvalue weighted by Crippen LogP contribution is -1.89. The Morgan fingerprint density at radius 3 is 1.76 bits per heavy atom. The summed E-state index contributed by atoms with van der Waals surface area (Å²) >= 11 is 3.70.